The lowest BCUT2D eigenvalue weighted by atomic mass is 9.98. The summed E-state index contributed by atoms with van der Waals surface area (Å²) in [6.07, 6.45) is 5.61. The van der Waals surface area contributed by atoms with Crippen molar-refractivity contribution in [3.63, 3.8) is 0 Å². The fourth-order valence-electron chi connectivity index (χ4n) is 3.32. The molecule has 0 radical (unpaired) electrons. The van der Waals surface area contributed by atoms with Gasteiger partial charge in [0.25, 0.3) is 5.91 Å². The second-order valence-electron chi connectivity index (χ2n) is 8.09. The largest absolute Gasteiger partial charge is 0.361 e. The maximum absolute atomic E-state index is 13.7. The molecule has 1 amide bonds. The third-order valence-electron chi connectivity index (χ3n) is 5.04. The number of halogens is 1. The van der Waals surface area contributed by atoms with Crippen LogP contribution in [0.15, 0.2) is 35.5 Å². The number of anilines is 2. The molecule has 0 saturated carbocycles. The zero-order valence-electron chi connectivity index (χ0n) is 17.7. The van der Waals surface area contributed by atoms with Crippen LogP contribution in [-0.2, 0) is 0 Å². The maximum atomic E-state index is 13.7. The minimum Gasteiger partial charge on any atom is -0.361 e. The number of aromatic nitrogens is 3. The summed E-state index contributed by atoms with van der Waals surface area (Å²) in [5.74, 6) is 0.818. The molecule has 31 heavy (non-hydrogen) atoms. The number of fused-ring (bicyclic) bond motifs is 1. The van der Waals surface area contributed by atoms with Gasteiger partial charge in [0, 0.05) is 35.9 Å². The number of benzene rings is 1. The molecule has 3 aromatic rings. The van der Waals surface area contributed by atoms with E-state index in [9.17, 15) is 9.18 Å². The van der Waals surface area contributed by atoms with Gasteiger partial charge in [-0.2, -0.15) is 0 Å². The van der Waals surface area contributed by atoms with E-state index in [-0.39, 0.29) is 19.0 Å². The minimum absolute atomic E-state index is 0.132. The van der Waals surface area contributed by atoms with Crippen molar-refractivity contribution in [2.75, 3.05) is 43.1 Å². The molecule has 1 aliphatic heterocycles. The highest BCUT2D eigenvalue weighted by Gasteiger charge is 2.41. The van der Waals surface area contributed by atoms with Crippen LogP contribution in [-0.4, -0.2) is 63.9 Å². The number of carbonyl (C=O) groups excluding carboxylic acids is 1. The molecule has 1 saturated heterocycles. The number of amides is 1. The molecule has 4 rings (SSSR count). The van der Waals surface area contributed by atoms with Crippen LogP contribution in [0.2, 0.25) is 0 Å². The Morgan fingerprint density at radius 2 is 2.00 bits per heavy atom. The van der Waals surface area contributed by atoms with Crippen LogP contribution < -0.4 is 10.6 Å². The quantitative estimate of drug-likeness (QED) is 0.489. The number of thiazole rings is 1. The molecule has 0 unspecified atom stereocenters. The van der Waals surface area contributed by atoms with Crippen LogP contribution in [0.4, 0.5) is 15.5 Å². The summed E-state index contributed by atoms with van der Waals surface area (Å²) < 4.78 is 14.6. The molecule has 164 valence electrons. The van der Waals surface area contributed by atoms with Crippen LogP contribution in [0.3, 0.4) is 0 Å². The number of nitrogens with one attached hydrogen (secondary N) is 2. The Labute approximate surface area is 188 Å². The standard InChI is InChI=1S/C21H25FN6OS2/c1-13(7-23-19-24-9-15(30-3)10-25-19)8-26-20-27-16-5-4-14(6-17(16)31-20)18(29)28-11-21(2,22)12-28/h4-6,9-10,13H,7-8,11-12H2,1-3H3,(H,26,27)(H,23,24,25)/t13-/m0/s1. The Bertz CT molecular complexity index is 1060. The Balaban J connectivity index is 1.30. The van der Waals surface area contributed by atoms with Gasteiger partial charge in [-0.15, -0.1) is 11.8 Å². The van der Waals surface area contributed by atoms with E-state index in [1.807, 2.05) is 18.4 Å². The van der Waals surface area contributed by atoms with Gasteiger partial charge in [0.15, 0.2) is 5.13 Å². The molecule has 0 bridgehead atoms. The highest BCUT2D eigenvalue weighted by atomic mass is 32.2. The van der Waals surface area contributed by atoms with Crippen molar-refractivity contribution in [2.24, 2.45) is 5.92 Å². The van der Waals surface area contributed by atoms with E-state index in [0.29, 0.717) is 17.4 Å². The summed E-state index contributed by atoms with van der Waals surface area (Å²) in [5, 5.41) is 7.43. The van der Waals surface area contributed by atoms with Crippen LogP contribution in [0.5, 0.6) is 0 Å². The average Bonchev–Trinajstić information content (AvgIpc) is 3.16. The number of alkyl halides is 1. The number of rotatable bonds is 8. The molecular formula is C21H25FN6OS2. The van der Waals surface area contributed by atoms with Gasteiger partial charge in [-0.25, -0.2) is 19.3 Å². The number of nitrogens with zero attached hydrogens (tertiary/aromatic N) is 4. The van der Waals surface area contributed by atoms with E-state index in [0.717, 1.165) is 33.3 Å². The molecule has 1 aliphatic rings. The first-order chi connectivity index (χ1) is 14.8. The molecular weight excluding hydrogens is 435 g/mol. The Hall–Kier alpha value is -2.46. The van der Waals surface area contributed by atoms with Crippen LogP contribution >= 0.6 is 23.1 Å². The van der Waals surface area contributed by atoms with E-state index >= 15 is 0 Å². The summed E-state index contributed by atoms with van der Waals surface area (Å²) in [4.78, 5) is 28.3. The van der Waals surface area contributed by atoms with Crippen molar-refractivity contribution in [3.8, 4) is 0 Å². The average molecular weight is 461 g/mol. The van der Waals surface area contributed by atoms with Gasteiger partial charge in [-0.05, 0) is 37.3 Å². The SMILES string of the molecule is CSc1cnc(NC[C@H](C)CNc2nc3ccc(C(=O)N4CC(C)(F)C4)cc3s2)nc1. The smallest absolute Gasteiger partial charge is 0.254 e. The topological polar surface area (TPSA) is 83.0 Å². The summed E-state index contributed by atoms with van der Waals surface area (Å²) in [7, 11) is 0. The predicted octanol–water partition coefficient (Wildman–Crippen LogP) is 4.15. The molecule has 1 fully saturated rings. The number of thioether (sulfide) groups is 1. The molecule has 1 atom stereocenters. The summed E-state index contributed by atoms with van der Waals surface area (Å²) in [6.45, 7) is 5.43. The van der Waals surface area contributed by atoms with Gasteiger partial charge in [-0.3, -0.25) is 4.79 Å². The molecule has 0 spiro atoms. The normalized spacial score (nSPS) is 16.1. The van der Waals surface area contributed by atoms with Crippen LogP contribution in [0, 0.1) is 5.92 Å². The van der Waals surface area contributed by atoms with Gasteiger partial charge in [0.2, 0.25) is 5.95 Å². The molecule has 2 N–H and O–H groups in total. The zero-order valence-corrected chi connectivity index (χ0v) is 19.3. The predicted molar refractivity (Wildman–Crippen MR) is 125 cm³/mol. The molecule has 3 heterocycles. The summed E-state index contributed by atoms with van der Waals surface area (Å²) >= 11 is 3.12. The van der Waals surface area contributed by atoms with E-state index in [1.54, 1.807) is 30.2 Å². The van der Waals surface area contributed by atoms with Crippen molar-refractivity contribution >= 4 is 50.3 Å². The highest BCUT2D eigenvalue weighted by molar-refractivity contribution is 7.98. The lowest BCUT2D eigenvalue weighted by Gasteiger charge is -2.42. The molecule has 2 aromatic heterocycles. The minimum atomic E-state index is -1.27. The number of hydrogen-bond acceptors (Lipinski definition) is 8. The van der Waals surface area contributed by atoms with Gasteiger partial charge in [0.1, 0.15) is 5.67 Å². The summed E-state index contributed by atoms with van der Waals surface area (Å²) in [5.41, 5.74) is 0.149. The summed E-state index contributed by atoms with van der Waals surface area (Å²) in [6, 6.07) is 5.45. The molecule has 0 aliphatic carbocycles. The fourth-order valence-corrected chi connectivity index (χ4v) is 4.55. The van der Waals surface area contributed by atoms with Gasteiger partial charge >= 0.3 is 0 Å². The van der Waals surface area contributed by atoms with E-state index < -0.39 is 5.67 Å². The monoisotopic (exact) mass is 460 g/mol. The van der Waals surface area contributed by atoms with Crippen LogP contribution in [0.25, 0.3) is 10.2 Å². The van der Waals surface area contributed by atoms with Crippen molar-refractivity contribution in [3.05, 3.63) is 36.2 Å². The van der Waals surface area contributed by atoms with Crippen molar-refractivity contribution in [1.29, 1.82) is 0 Å². The highest BCUT2D eigenvalue weighted by Crippen LogP contribution is 2.30. The molecule has 1 aromatic carbocycles. The van der Waals surface area contributed by atoms with E-state index in [2.05, 4.69) is 32.5 Å². The first-order valence-electron chi connectivity index (χ1n) is 10.1. The van der Waals surface area contributed by atoms with Crippen LogP contribution in [0.1, 0.15) is 24.2 Å². The Morgan fingerprint density at radius 1 is 1.29 bits per heavy atom. The maximum Gasteiger partial charge on any atom is 0.254 e. The fraction of sp³-hybridized carbons (Fsp3) is 0.429. The third-order valence-corrected chi connectivity index (χ3v) is 6.70. The Kier molecular flexibility index (Phi) is 6.29. The lowest BCUT2D eigenvalue weighted by Crippen LogP contribution is -2.59. The van der Waals surface area contributed by atoms with E-state index in [4.69, 9.17) is 0 Å². The van der Waals surface area contributed by atoms with Gasteiger partial charge in [0.05, 0.1) is 23.3 Å². The second kappa shape index (κ2) is 8.96. The number of likely N-dealkylation sites (tertiary alicyclic amines) is 1. The van der Waals surface area contributed by atoms with Gasteiger partial charge in [-0.1, -0.05) is 18.3 Å². The molecule has 10 heteroatoms. The first-order valence-corrected chi connectivity index (χ1v) is 12.1. The van der Waals surface area contributed by atoms with Gasteiger partial charge < -0.3 is 15.5 Å². The second-order valence-corrected chi connectivity index (χ2v) is 10.00. The van der Waals surface area contributed by atoms with Crippen molar-refractivity contribution in [2.45, 2.75) is 24.4 Å². The van der Waals surface area contributed by atoms with Crippen molar-refractivity contribution in [1.82, 2.24) is 19.9 Å². The Morgan fingerprint density at radius 3 is 2.68 bits per heavy atom. The lowest BCUT2D eigenvalue weighted by molar-refractivity contribution is -0.00784. The number of hydrogen-bond donors (Lipinski definition) is 2. The van der Waals surface area contributed by atoms with E-state index in [1.165, 1.54) is 23.2 Å². The third kappa shape index (κ3) is 5.24. The number of carbonyl (C=O) groups is 1. The van der Waals surface area contributed by atoms with Crippen molar-refractivity contribution < 1.29 is 9.18 Å². The first kappa shape index (κ1) is 21.8. The molecule has 7 nitrogen and oxygen atoms in total. The zero-order chi connectivity index (χ0) is 22.0.